The minimum absolute atomic E-state index is 0.0487. The second kappa shape index (κ2) is 6.55. The number of rotatable bonds is 3. The second-order valence-corrected chi connectivity index (χ2v) is 6.52. The molecule has 2 aromatic carbocycles. The first kappa shape index (κ1) is 17.3. The van der Waals surface area contributed by atoms with Crippen LogP contribution in [0.3, 0.4) is 0 Å². The molecule has 0 spiro atoms. The number of aryl methyl sites for hydroxylation is 2. The lowest BCUT2D eigenvalue weighted by Crippen LogP contribution is -2.09. The van der Waals surface area contributed by atoms with Crippen LogP contribution in [-0.4, -0.2) is 5.16 Å². The van der Waals surface area contributed by atoms with Gasteiger partial charge in [-0.05, 0) is 38.1 Å². The fourth-order valence-electron chi connectivity index (χ4n) is 2.98. The number of benzene rings is 2. The molecule has 0 unspecified atom stereocenters. The van der Waals surface area contributed by atoms with Gasteiger partial charge in [-0.2, -0.15) is 0 Å². The van der Waals surface area contributed by atoms with Crippen molar-refractivity contribution in [1.82, 2.24) is 5.16 Å². The summed E-state index contributed by atoms with van der Waals surface area (Å²) in [6.07, 6.45) is 0. The Labute approximate surface area is 158 Å². The van der Waals surface area contributed by atoms with Crippen molar-refractivity contribution in [3.05, 3.63) is 75.0 Å². The predicted molar refractivity (Wildman–Crippen MR) is 102 cm³/mol. The summed E-state index contributed by atoms with van der Waals surface area (Å²) in [4.78, 5) is 13.0. The van der Waals surface area contributed by atoms with E-state index in [4.69, 9.17) is 20.5 Å². The minimum atomic E-state index is -0.572. The van der Waals surface area contributed by atoms with Crippen LogP contribution in [0.4, 0.5) is 15.9 Å². The SMILES string of the molecule is Cc1cc(Nc2ccc3c(=O)c(-c4c(F)cccc4Cl)c(C)oc3c2)no1. The summed E-state index contributed by atoms with van der Waals surface area (Å²) in [5.41, 5.74) is 0.879. The summed E-state index contributed by atoms with van der Waals surface area (Å²) in [5.74, 6) is 0.929. The highest BCUT2D eigenvalue weighted by atomic mass is 35.5. The van der Waals surface area contributed by atoms with Crippen molar-refractivity contribution < 1.29 is 13.3 Å². The van der Waals surface area contributed by atoms with Crippen LogP contribution in [0.2, 0.25) is 5.02 Å². The molecular formula is C20H14ClFN2O3. The topological polar surface area (TPSA) is 68.3 Å². The fraction of sp³-hybridized carbons (Fsp3) is 0.100. The van der Waals surface area contributed by atoms with E-state index in [-0.39, 0.29) is 27.3 Å². The molecule has 1 N–H and O–H groups in total. The Morgan fingerprint density at radius 2 is 1.93 bits per heavy atom. The largest absolute Gasteiger partial charge is 0.460 e. The zero-order valence-electron chi connectivity index (χ0n) is 14.5. The minimum Gasteiger partial charge on any atom is -0.460 e. The number of nitrogens with zero attached hydrogens (tertiary/aromatic N) is 1. The van der Waals surface area contributed by atoms with Crippen LogP contribution in [0, 0.1) is 19.7 Å². The van der Waals surface area contributed by atoms with Crippen molar-refractivity contribution in [2.45, 2.75) is 13.8 Å². The summed E-state index contributed by atoms with van der Waals surface area (Å²) in [6, 6.07) is 11.0. The maximum Gasteiger partial charge on any atom is 0.200 e. The standard InChI is InChI=1S/C20H14ClFN2O3/c1-10-8-17(24-27-10)23-12-6-7-13-16(9-12)26-11(2)18(20(13)25)19-14(21)4-3-5-15(19)22/h3-9H,1-2H3,(H,23,24). The van der Waals surface area contributed by atoms with Gasteiger partial charge < -0.3 is 14.3 Å². The van der Waals surface area contributed by atoms with E-state index in [0.717, 1.165) is 0 Å². The van der Waals surface area contributed by atoms with E-state index in [2.05, 4.69) is 10.5 Å². The average molecular weight is 385 g/mol. The molecule has 0 aliphatic carbocycles. The summed E-state index contributed by atoms with van der Waals surface area (Å²) in [5, 5.41) is 7.42. The molecule has 0 bridgehead atoms. The molecule has 0 saturated heterocycles. The van der Waals surface area contributed by atoms with Crippen molar-refractivity contribution in [1.29, 1.82) is 0 Å². The monoisotopic (exact) mass is 384 g/mol. The van der Waals surface area contributed by atoms with Crippen molar-refractivity contribution in [2.24, 2.45) is 0 Å². The maximum absolute atomic E-state index is 14.3. The number of fused-ring (bicyclic) bond motifs is 1. The first-order valence-electron chi connectivity index (χ1n) is 8.16. The van der Waals surface area contributed by atoms with E-state index in [0.29, 0.717) is 28.2 Å². The fourth-order valence-corrected chi connectivity index (χ4v) is 3.24. The molecule has 2 aromatic heterocycles. The van der Waals surface area contributed by atoms with Gasteiger partial charge in [0, 0.05) is 23.4 Å². The molecule has 7 heteroatoms. The molecule has 27 heavy (non-hydrogen) atoms. The highest BCUT2D eigenvalue weighted by molar-refractivity contribution is 6.33. The van der Waals surface area contributed by atoms with Gasteiger partial charge in [0.2, 0.25) is 5.43 Å². The summed E-state index contributed by atoms with van der Waals surface area (Å²) < 4.78 is 25.1. The van der Waals surface area contributed by atoms with Gasteiger partial charge in [-0.25, -0.2) is 4.39 Å². The third kappa shape index (κ3) is 3.08. The van der Waals surface area contributed by atoms with Gasteiger partial charge in [0.25, 0.3) is 0 Å². The number of hydrogen-bond acceptors (Lipinski definition) is 5. The summed E-state index contributed by atoms with van der Waals surface area (Å²) >= 11 is 6.13. The Kier molecular flexibility index (Phi) is 4.20. The Hall–Kier alpha value is -3.12. The van der Waals surface area contributed by atoms with E-state index in [9.17, 15) is 9.18 Å². The number of anilines is 2. The Bertz CT molecular complexity index is 1210. The van der Waals surface area contributed by atoms with E-state index in [1.165, 1.54) is 18.2 Å². The molecule has 0 saturated carbocycles. The van der Waals surface area contributed by atoms with Crippen LogP contribution in [0.25, 0.3) is 22.1 Å². The van der Waals surface area contributed by atoms with Crippen LogP contribution in [0.15, 0.2) is 56.2 Å². The van der Waals surface area contributed by atoms with Crippen molar-refractivity contribution in [3.63, 3.8) is 0 Å². The smallest absolute Gasteiger partial charge is 0.200 e. The van der Waals surface area contributed by atoms with Crippen molar-refractivity contribution in [3.8, 4) is 11.1 Å². The summed E-state index contributed by atoms with van der Waals surface area (Å²) in [7, 11) is 0. The normalized spacial score (nSPS) is 11.1. The molecule has 0 radical (unpaired) electrons. The highest BCUT2D eigenvalue weighted by Crippen LogP contribution is 2.32. The third-order valence-corrected chi connectivity index (χ3v) is 4.50. The molecule has 136 valence electrons. The summed E-state index contributed by atoms with van der Waals surface area (Å²) in [6.45, 7) is 3.40. The highest BCUT2D eigenvalue weighted by Gasteiger charge is 2.19. The lowest BCUT2D eigenvalue weighted by Gasteiger charge is -2.10. The van der Waals surface area contributed by atoms with Gasteiger partial charge in [-0.3, -0.25) is 4.79 Å². The quantitative estimate of drug-likeness (QED) is 0.498. The molecule has 4 aromatic rings. The van der Waals surface area contributed by atoms with Gasteiger partial charge in [-0.15, -0.1) is 0 Å². The molecular weight excluding hydrogens is 371 g/mol. The molecule has 0 aliphatic heterocycles. The molecule has 0 aliphatic rings. The van der Waals surface area contributed by atoms with Gasteiger partial charge in [0.05, 0.1) is 16.0 Å². The Morgan fingerprint density at radius 3 is 2.63 bits per heavy atom. The van der Waals surface area contributed by atoms with Crippen LogP contribution in [-0.2, 0) is 0 Å². The Balaban J connectivity index is 1.85. The molecule has 5 nitrogen and oxygen atoms in total. The van der Waals surface area contributed by atoms with E-state index >= 15 is 0 Å². The van der Waals surface area contributed by atoms with E-state index < -0.39 is 5.82 Å². The predicted octanol–water partition coefficient (Wildman–Crippen LogP) is 5.60. The van der Waals surface area contributed by atoms with Gasteiger partial charge in [-0.1, -0.05) is 22.8 Å². The third-order valence-electron chi connectivity index (χ3n) is 4.18. The molecule has 2 heterocycles. The molecule has 0 atom stereocenters. The molecule has 0 fully saturated rings. The maximum atomic E-state index is 14.3. The Morgan fingerprint density at radius 1 is 1.11 bits per heavy atom. The lowest BCUT2D eigenvalue weighted by atomic mass is 10.0. The van der Waals surface area contributed by atoms with Gasteiger partial charge in [0.15, 0.2) is 5.82 Å². The number of aromatic nitrogens is 1. The van der Waals surface area contributed by atoms with Crippen LogP contribution < -0.4 is 10.7 Å². The molecule has 4 rings (SSSR count). The first-order valence-corrected chi connectivity index (χ1v) is 8.54. The van der Waals surface area contributed by atoms with Crippen LogP contribution >= 0.6 is 11.6 Å². The van der Waals surface area contributed by atoms with Gasteiger partial charge >= 0.3 is 0 Å². The van der Waals surface area contributed by atoms with Crippen molar-refractivity contribution in [2.75, 3.05) is 5.32 Å². The van der Waals surface area contributed by atoms with Gasteiger partial charge in [0.1, 0.15) is 22.9 Å². The van der Waals surface area contributed by atoms with Crippen LogP contribution in [0.5, 0.6) is 0 Å². The van der Waals surface area contributed by atoms with Crippen LogP contribution in [0.1, 0.15) is 11.5 Å². The van der Waals surface area contributed by atoms with E-state index in [1.807, 2.05) is 0 Å². The number of hydrogen-bond donors (Lipinski definition) is 1. The molecule has 0 amide bonds. The second-order valence-electron chi connectivity index (χ2n) is 6.12. The zero-order chi connectivity index (χ0) is 19.1. The average Bonchev–Trinajstić information content (AvgIpc) is 3.02. The lowest BCUT2D eigenvalue weighted by molar-refractivity contribution is 0.400. The number of halogens is 2. The van der Waals surface area contributed by atoms with Crippen molar-refractivity contribution >= 4 is 34.1 Å². The zero-order valence-corrected chi connectivity index (χ0v) is 15.2. The van der Waals surface area contributed by atoms with E-state index in [1.54, 1.807) is 38.1 Å². The number of nitrogens with one attached hydrogen (secondary N) is 1. The first-order chi connectivity index (χ1) is 12.9.